The molecule has 0 atom stereocenters. The van der Waals surface area contributed by atoms with Gasteiger partial charge in [-0.3, -0.25) is 18.7 Å². The second kappa shape index (κ2) is 5.87. The van der Waals surface area contributed by atoms with Gasteiger partial charge in [0.2, 0.25) is 0 Å². The maximum atomic E-state index is 13.5. The van der Waals surface area contributed by atoms with Crippen molar-refractivity contribution in [1.29, 1.82) is 0 Å². The van der Waals surface area contributed by atoms with E-state index in [9.17, 15) is 4.79 Å². The van der Waals surface area contributed by atoms with Crippen LogP contribution in [0.4, 0.5) is 0 Å². The highest BCUT2D eigenvalue weighted by atomic mass is 16.1. The Labute approximate surface area is 153 Å². The van der Waals surface area contributed by atoms with Crippen molar-refractivity contribution < 1.29 is 0 Å². The van der Waals surface area contributed by atoms with Crippen LogP contribution in [0.3, 0.4) is 0 Å². The zero-order valence-electron chi connectivity index (χ0n) is 14.5. The lowest BCUT2D eigenvalue weighted by Crippen LogP contribution is -2.24. The van der Waals surface area contributed by atoms with Crippen molar-refractivity contribution in [3.8, 4) is 11.4 Å². The van der Waals surface area contributed by atoms with E-state index in [2.05, 4.69) is 20.3 Å². The Morgan fingerprint density at radius 3 is 2.56 bits per heavy atom. The van der Waals surface area contributed by atoms with E-state index in [1.165, 1.54) is 0 Å². The first-order valence-corrected chi connectivity index (χ1v) is 8.47. The van der Waals surface area contributed by atoms with Gasteiger partial charge < -0.3 is 0 Å². The lowest BCUT2D eigenvalue weighted by molar-refractivity contribution is 0.719. The van der Waals surface area contributed by atoms with E-state index in [4.69, 9.17) is 0 Å². The molecule has 5 rings (SSSR count). The number of aryl methyl sites for hydroxylation is 1. The molecule has 0 bridgehead atoms. The quantitative estimate of drug-likeness (QED) is 0.492. The van der Waals surface area contributed by atoms with Crippen LogP contribution in [0.25, 0.3) is 27.9 Å². The Morgan fingerprint density at radius 1 is 1.00 bits per heavy atom. The highest BCUT2D eigenvalue weighted by Gasteiger charge is 2.19. The number of pyridine rings is 1. The fourth-order valence-corrected chi connectivity index (χ4v) is 3.37. The van der Waals surface area contributed by atoms with Crippen molar-refractivity contribution in [2.24, 2.45) is 7.05 Å². The van der Waals surface area contributed by atoms with Gasteiger partial charge in [-0.2, -0.15) is 0 Å². The number of hydrogen-bond acceptors (Lipinski definition) is 5. The largest absolute Gasteiger partial charge is 0.299 e. The molecule has 4 heterocycles. The summed E-state index contributed by atoms with van der Waals surface area (Å²) in [6.07, 6.45) is 5.01. The summed E-state index contributed by atoms with van der Waals surface area (Å²) in [6.45, 7) is 0.380. The van der Waals surface area contributed by atoms with E-state index >= 15 is 0 Å². The molecule has 0 aliphatic carbocycles. The smallest absolute Gasteiger partial charge is 0.278 e. The van der Waals surface area contributed by atoms with E-state index in [1.807, 2.05) is 46.9 Å². The highest BCUT2D eigenvalue weighted by molar-refractivity contribution is 5.84. The number of rotatable bonds is 3. The normalized spacial score (nSPS) is 11.4. The molecule has 0 spiro atoms. The molecular weight excluding hydrogens is 342 g/mol. The van der Waals surface area contributed by atoms with Crippen LogP contribution in [0.2, 0.25) is 0 Å². The third-order valence-electron chi connectivity index (χ3n) is 4.65. The zero-order chi connectivity index (χ0) is 18.4. The van der Waals surface area contributed by atoms with Crippen molar-refractivity contribution in [3.63, 3.8) is 0 Å². The van der Waals surface area contributed by atoms with Gasteiger partial charge in [0.05, 0.1) is 29.5 Å². The number of imidazole rings is 1. The predicted molar refractivity (Wildman–Crippen MR) is 100 cm³/mol. The number of para-hydroxylation sites is 2. The van der Waals surface area contributed by atoms with Crippen LogP contribution in [-0.4, -0.2) is 33.9 Å². The summed E-state index contributed by atoms with van der Waals surface area (Å²) in [5.41, 5.74) is 4.16. The van der Waals surface area contributed by atoms with Crippen molar-refractivity contribution in [2.45, 2.75) is 6.54 Å². The standard InChI is InChI=1S/C19H15N7O/c1-24-16(10-22-23-24)17-18-19(27)25(11-13-6-4-5-9-20-13)14-7-2-3-8-15(14)26(18)12-21-17/h2-10,12H,11H2,1H3. The molecule has 0 aliphatic rings. The van der Waals surface area contributed by atoms with Gasteiger partial charge in [0, 0.05) is 13.2 Å². The summed E-state index contributed by atoms with van der Waals surface area (Å²) in [5, 5.41) is 7.87. The molecule has 132 valence electrons. The molecule has 8 heteroatoms. The Balaban J connectivity index is 1.86. The van der Waals surface area contributed by atoms with Crippen LogP contribution < -0.4 is 5.56 Å². The van der Waals surface area contributed by atoms with Crippen molar-refractivity contribution in [2.75, 3.05) is 0 Å². The van der Waals surface area contributed by atoms with Crippen LogP contribution in [-0.2, 0) is 13.6 Å². The molecule has 8 nitrogen and oxygen atoms in total. The summed E-state index contributed by atoms with van der Waals surface area (Å²) >= 11 is 0. The number of fused-ring (bicyclic) bond motifs is 3. The minimum Gasteiger partial charge on any atom is -0.299 e. The Bertz CT molecular complexity index is 1330. The third-order valence-corrected chi connectivity index (χ3v) is 4.65. The molecule has 0 aliphatic heterocycles. The number of hydrogen-bond donors (Lipinski definition) is 0. The first-order valence-electron chi connectivity index (χ1n) is 8.47. The summed E-state index contributed by atoms with van der Waals surface area (Å²) in [4.78, 5) is 22.3. The molecular formula is C19H15N7O. The first-order chi connectivity index (χ1) is 13.2. The summed E-state index contributed by atoms with van der Waals surface area (Å²) in [7, 11) is 1.78. The van der Waals surface area contributed by atoms with E-state index < -0.39 is 0 Å². The van der Waals surface area contributed by atoms with Crippen molar-refractivity contribution in [3.05, 3.63) is 77.2 Å². The van der Waals surface area contributed by atoms with Gasteiger partial charge in [0.1, 0.15) is 23.2 Å². The average Bonchev–Trinajstić information content (AvgIpc) is 3.32. The summed E-state index contributed by atoms with van der Waals surface area (Å²) in [6, 6.07) is 13.5. The van der Waals surface area contributed by atoms with Crippen LogP contribution >= 0.6 is 0 Å². The van der Waals surface area contributed by atoms with E-state index in [0.717, 1.165) is 16.7 Å². The van der Waals surface area contributed by atoms with E-state index in [0.29, 0.717) is 23.4 Å². The highest BCUT2D eigenvalue weighted by Crippen LogP contribution is 2.23. The molecule has 0 saturated carbocycles. The molecule has 0 N–H and O–H groups in total. The summed E-state index contributed by atoms with van der Waals surface area (Å²) in [5.74, 6) is 0. The predicted octanol–water partition coefficient (Wildman–Crippen LogP) is 1.89. The van der Waals surface area contributed by atoms with Gasteiger partial charge in [-0.15, -0.1) is 5.10 Å². The second-order valence-corrected chi connectivity index (χ2v) is 6.26. The minimum atomic E-state index is -0.131. The fourth-order valence-electron chi connectivity index (χ4n) is 3.37. The lowest BCUT2D eigenvalue weighted by Gasteiger charge is -2.12. The molecule has 0 fully saturated rings. The third kappa shape index (κ3) is 2.34. The molecule has 0 saturated heterocycles. The molecule has 0 amide bonds. The molecule has 1 aromatic carbocycles. The fraction of sp³-hybridized carbons (Fsp3) is 0.105. The van der Waals surface area contributed by atoms with Crippen LogP contribution in [0.15, 0.2) is 66.0 Å². The first kappa shape index (κ1) is 15.4. The molecule has 0 unspecified atom stereocenters. The molecule has 27 heavy (non-hydrogen) atoms. The van der Waals surface area contributed by atoms with Gasteiger partial charge in [0.25, 0.3) is 5.56 Å². The average molecular weight is 357 g/mol. The second-order valence-electron chi connectivity index (χ2n) is 6.26. The van der Waals surface area contributed by atoms with Crippen LogP contribution in [0, 0.1) is 0 Å². The van der Waals surface area contributed by atoms with Gasteiger partial charge in [-0.25, -0.2) is 9.67 Å². The Kier molecular flexibility index (Phi) is 3.36. The van der Waals surface area contributed by atoms with Crippen molar-refractivity contribution in [1.82, 2.24) is 33.9 Å². The van der Waals surface area contributed by atoms with Crippen molar-refractivity contribution >= 4 is 16.6 Å². The van der Waals surface area contributed by atoms with E-state index in [-0.39, 0.29) is 5.56 Å². The molecule has 0 radical (unpaired) electrons. The number of aromatic nitrogens is 7. The molecule has 5 aromatic rings. The number of benzene rings is 1. The van der Waals surface area contributed by atoms with Gasteiger partial charge in [-0.05, 0) is 24.3 Å². The number of nitrogens with zero attached hydrogens (tertiary/aromatic N) is 7. The summed E-state index contributed by atoms with van der Waals surface area (Å²) < 4.78 is 5.18. The Morgan fingerprint density at radius 2 is 1.81 bits per heavy atom. The van der Waals surface area contributed by atoms with Gasteiger partial charge in [0.15, 0.2) is 0 Å². The topological polar surface area (TPSA) is 82.9 Å². The van der Waals surface area contributed by atoms with Crippen LogP contribution in [0.5, 0.6) is 0 Å². The molecule has 4 aromatic heterocycles. The van der Waals surface area contributed by atoms with E-state index in [1.54, 1.807) is 35.0 Å². The maximum Gasteiger partial charge on any atom is 0.278 e. The maximum absolute atomic E-state index is 13.5. The monoisotopic (exact) mass is 357 g/mol. The Hall–Kier alpha value is -3.81. The minimum absolute atomic E-state index is 0.131. The zero-order valence-corrected chi connectivity index (χ0v) is 14.5. The van der Waals surface area contributed by atoms with Gasteiger partial charge in [-0.1, -0.05) is 23.4 Å². The lowest BCUT2D eigenvalue weighted by atomic mass is 10.2. The van der Waals surface area contributed by atoms with Crippen LogP contribution in [0.1, 0.15) is 5.69 Å². The van der Waals surface area contributed by atoms with Gasteiger partial charge >= 0.3 is 0 Å². The SMILES string of the molecule is Cn1nncc1-c1ncn2c1c(=O)n(Cc1ccccn1)c1ccccc12.